The minimum atomic E-state index is -4.21. The van der Waals surface area contributed by atoms with Gasteiger partial charge in [-0.2, -0.15) is 13.2 Å². The molecule has 0 saturated heterocycles. The molecule has 192 valence electrons. The molecule has 0 radical (unpaired) electrons. The lowest BCUT2D eigenvalue weighted by molar-refractivity contribution is -0.135. The van der Waals surface area contributed by atoms with E-state index in [1.165, 1.54) is 10.6 Å². The zero-order valence-electron chi connectivity index (χ0n) is 19.8. The molecule has 0 spiro atoms. The van der Waals surface area contributed by atoms with Gasteiger partial charge in [-0.05, 0) is 32.8 Å². The van der Waals surface area contributed by atoms with Crippen LogP contribution >= 0.6 is 22.9 Å². The first kappa shape index (κ1) is 32.3. The number of unbranched alkanes of at least 4 members (excludes halogenated alkanes) is 1. The summed E-state index contributed by atoms with van der Waals surface area (Å²) >= 11 is 7.07. The molecule has 1 N–H and O–H groups in total. The number of allylic oxidation sites excluding steroid dienone is 4. The molecule has 35 heavy (non-hydrogen) atoms. The number of alkyl halides is 3. The molecule has 0 saturated carbocycles. The minimum absolute atomic E-state index is 0.0492. The van der Waals surface area contributed by atoms with E-state index in [0.29, 0.717) is 40.0 Å². The number of hydrogen-bond acceptors (Lipinski definition) is 6. The average Bonchev–Trinajstić information content (AvgIpc) is 3.27. The lowest BCUT2D eigenvalue weighted by Gasteiger charge is -2.13. The number of aryl methyl sites for hydroxylation is 1. The molecule has 11 heteroatoms. The monoisotopic (exact) mass is 531 g/mol. The van der Waals surface area contributed by atoms with Crippen molar-refractivity contribution < 1.29 is 23.1 Å². The fourth-order valence-corrected chi connectivity index (χ4v) is 3.38. The Morgan fingerprint density at radius 3 is 2.49 bits per heavy atom. The van der Waals surface area contributed by atoms with E-state index in [2.05, 4.69) is 22.3 Å². The summed E-state index contributed by atoms with van der Waals surface area (Å²) in [6, 6.07) is 1.39. The van der Waals surface area contributed by atoms with Crippen LogP contribution in [0, 0.1) is 12.3 Å². The van der Waals surface area contributed by atoms with Crippen molar-refractivity contribution in [1.82, 2.24) is 14.5 Å². The number of aliphatic hydroxyl groups is 1. The number of aldehydes is 1. The maximum Gasteiger partial charge on any atom is 0.389 e. The molecule has 0 unspecified atom stereocenters. The third-order valence-corrected chi connectivity index (χ3v) is 5.28. The number of nitrogens with zero attached hydrogens (tertiary/aromatic N) is 3. The Morgan fingerprint density at radius 1 is 1.29 bits per heavy atom. The first-order chi connectivity index (χ1) is 16.6. The molecule has 0 bridgehead atoms. The molecule has 2 heterocycles. The molecule has 0 atom stereocenters. The highest BCUT2D eigenvalue weighted by Crippen LogP contribution is 2.22. The zero-order chi connectivity index (χ0) is 26.9. The lowest BCUT2D eigenvalue weighted by atomic mass is 10.1. The molecule has 6 nitrogen and oxygen atoms in total. The number of thiazole rings is 1. The Morgan fingerprint density at radius 2 is 1.94 bits per heavy atom. The van der Waals surface area contributed by atoms with Crippen LogP contribution in [0.15, 0.2) is 39.5 Å². The van der Waals surface area contributed by atoms with E-state index in [9.17, 15) is 22.8 Å². The van der Waals surface area contributed by atoms with Crippen LogP contribution in [-0.2, 0) is 19.4 Å². The summed E-state index contributed by atoms with van der Waals surface area (Å²) in [5.74, 6) is 2.64. The number of halogens is 4. The molecule has 0 amide bonds. The summed E-state index contributed by atoms with van der Waals surface area (Å²) in [6.45, 7) is 3.55. The van der Waals surface area contributed by atoms with Gasteiger partial charge in [0.25, 0.3) is 5.56 Å². The highest BCUT2D eigenvalue weighted by atomic mass is 35.5. The molecule has 0 aromatic carbocycles. The maximum absolute atomic E-state index is 12.7. The van der Waals surface area contributed by atoms with Gasteiger partial charge in [-0.1, -0.05) is 23.8 Å². The number of carbonyl (C=O) groups excluding carboxylic acids is 1. The largest absolute Gasteiger partial charge is 0.400 e. The summed E-state index contributed by atoms with van der Waals surface area (Å²) in [7, 11) is 1.00. The Balaban J connectivity index is 0.00000214. The Bertz CT molecular complexity index is 1070. The van der Waals surface area contributed by atoms with E-state index in [1.807, 2.05) is 0 Å². The second-order valence-electron chi connectivity index (χ2n) is 6.77. The number of rotatable bonds is 10. The summed E-state index contributed by atoms with van der Waals surface area (Å²) in [5.41, 5.74) is 0.706. The van der Waals surface area contributed by atoms with Crippen LogP contribution < -0.4 is 5.56 Å². The van der Waals surface area contributed by atoms with Crippen LogP contribution in [0.1, 0.15) is 60.1 Å². The normalized spacial score (nSPS) is 11.2. The summed E-state index contributed by atoms with van der Waals surface area (Å²) in [5, 5.41) is 9.50. The van der Waals surface area contributed by atoms with E-state index in [-0.39, 0.29) is 31.4 Å². The van der Waals surface area contributed by atoms with Gasteiger partial charge in [0.05, 0.1) is 17.9 Å². The van der Waals surface area contributed by atoms with Crippen LogP contribution in [0.4, 0.5) is 13.2 Å². The van der Waals surface area contributed by atoms with Crippen LogP contribution in [-0.4, -0.2) is 39.2 Å². The molecule has 0 aliphatic rings. The second-order valence-corrected chi connectivity index (χ2v) is 8.10. The standard InChI is InChI=1S/C20H21ClF3N3O2S.C3H4.CH4O/c1-2-14(21)6-5-7-15-10-19(29)27(11-16-13-30-18(12-28)26-16)17(25-15)8-3-4-9-20(22,23)24;1-3-2;1-2/h2,5-6,10,12-13H,3-4,7-9,11H2,1H3;1H,2H3;2H,1H3/b6-5-,14-2+;;. The predicted octanol–water partition coefficient (Wildman–Crippen LogP) is 5.33. The van der Waals surface area contributed by atoms with Gasteiger partial charge in [0.2, 0.25) is 0 Å². The van der Waals surface area contributed by atoms with Gasteiger partial charge in [0, 0.05) is 42.9 Å². The van der Waals surface area contributed by atoms with Gasteiger partial charge < -0.3 is 5.11 Å². The van der Waals surface area contributed by atoms with Gasteiger partial charge in [-0.15, -0.1) is 23.7 Å². The highest BCUT2D eigenvalue weighted by molar-refractivity contribution is 7.11. The van der Waals surface area contributed by atoms with Crippen molar-refractivity contribution in [3.05, 3.63) is 67.3 Å². The number of hydrogen-bond donors (Lipinski definition) is 1. The Hall–Kier alpha value is -2.74. The van der Waals surface area contributed by atoms with E-state index < -0.39 is 12.6 Å². The fraction of sp³-hybridized carbons (Fsp3) is 0.417. The zero-order valence-corrected chi connectivity index (χ0v) is 21.4. The minimum Gasteiger partial charge on any atom is -0.400 e. The first-order valence-electron chi connectivity index (χ1n) is 10.5. The summed E-state index contributed by atoms with van der Waals surface area (Å²) in [6.07, 6.45) is 6.08. The maximum atomic E-state index is 12.7. The first-order valence-corrected chi connectivity index (χ1v) is 11.8. The van der Waals surface area contributed by atoms with Gasteiger partial charge in [-0.3, -0.25) is 14.2 Å². The highest BCUT2D eigenvalue weighted by Gasteiger charge is 2.26. The summed E-state index contributed by atoms with van der Waals surface area (Å²) < 4.78 is 38.6. The second kappa shape index (κ2) is 17.7. The van der Waals surface area contributed by atoms with Crippen LogP contribution in [0.2, 0.25) is 0 Å². The van der Waals surface area contributed by atoms with Crippen LogP contribution in [0.5, 0.6) is 0 Å². The van der Waals surface area contributed by atoms with E-state index in [0.717, 1.165) is 18.4 Å². The molecule has 2 aromatic heterocycles. The molecular weight excluding hydrogens is 503 g/mol. The molecule has 0 aliphatic carbocycles. The average molecular weight is 532 g/mol. The van der Waals surface area contributed by atoms with Crippen molar-refractivity contribution in [2.45, 2.75) is 58.7 Å². The predicted molar refractivity (Wildman–Crippen MR) is 134 cm³/mol. The number of aliphatic hydroxyl groups excluding tert-OH is 1. The summed E-state index contributed by atoms with van der Waals surface area (Å²) in [4.78, 5) is 32.1. The van der Waals surface area contributed by atoms with E-state index in [1.54, 1.807) is 37.5 Å². The molecule has 2 rings (SSSR count). The van der Waals surface area contributed by atoms with Gasteiger partial charge >= 0.3 is 6.18 Å². The molecule has 0 aliphatic heterocycles. The van der Waals surface area contributed by atoms with Gasteiger partial charge in [0.1, 0.15) is 5.82 Å². The third kappa shape index (κ3) is 13.7. The van der Waals surface area contributed by atoms with Crippen LogP contribution in [0.3, 0.4) is 0 Å². The van der Waals surface area contributed by atoms with E-state index >= 15 is 0 Å². The topological polar surface area (TPSA) is 85.1 Å². The van der Waals surface area contributed by atoms with Crippen molar-refractivity contribution in [2.24, 2.45) is 0 Å². The molecule has 2 aromatic rings. The van der Waals surface area contributed by atoms with Gasteiger partial charge in [-0.25, -0.2) is 9.97 Å². The molecule has 0 fully saturated rings. The van der Waals surface area contributed by atoms with E-state index in [4.69, 9.17) is 16.7 Å². The SMILES string of the molecule is C#CC.C/C=C(Cl)\C=C/Cc1cc(=O)n(Cc2csc(C=O)n2)c(CCCCC(F)(F)F)n1.CO. The Labute approximate surface area is 212 Å². The lowest BCUT2D eigenvalue weighted by Crippen LogP contribution is -2.26. The smallest absolute Gasteiger partial charge is 0.389 e. The number of terminal acetylenes is 1. The van der Waals surface area contributed by atoms with Crippen molar-refractivity contribution in [2.75, 3.05) is 7.11 Å². The van der Waals surface area contributed by atoms with Gasteiger partial charge in [0.15, 0.2) is 11.3 Å². The quantitative estimate of drug-likeness (QED) is 0.194. The third-order valence-electron chi connectivity index (χ3n) is 4.12. The van der Waals surface area contributed by atoms with Crippen LogP contribution in [0.25, 0.3) is 0 Å². The van der Waals surface area contributed by atoms with Crippen molar-refractivity contribution in [1.29, 1.82) is 0 Å². The van der Waals surface area contributed by atoms with Crippen molar-refractivity contribution in [3.8, 4) is 12.3 Å². The fourth-order valence-electron chi connectivity index (χ4n) is 2.68. The van der Waals surface area contributed by atoms with Crippen molar-refractivity contribution >= 4 is 29.2 Å². The van der Waals surface area contributed by atoms with Crippen molar-refractivity contribution in [3.63, 3.8) is 0 Å². The number of aromatic nitrogens is 3. The number of carbonyl (C=O) groups is 1. The molecular formula is C24H29ClF3N3O3S. The Kier molecular flexibility index (Phi) is 16.3.